The predicted octanol–water partition coefficient (Wildman–Crippen LogP) is 3.55. The van der Waals surface area contributed by atoms with Gasteiger partial charge in [0.1, 0.15) is 5.75 Å². The van der Waals surface area contributed by atoms with Crippen molar-refractivity contribution in [3.8, 4) is 5.75 Å². The summed E-state index contributed by atoms with van der Waals surface area (Å²) in [7, 11) is 0. The van der Waals surface area contributed by atoms with Crippen LogP contribution in [0.15, 0.2) is 18.2 Å². The number of unbranched alkanes of at least 4 members (excludes halogenated alkanes) is 1. The summed E-state index contributed by atoms with van der Waals surface area (Å²) in [6.45, 7) is 4.49. The minimum Gasteiger partial charge on any atom is -0.508 e. The van der Waals surface area contributed by atoms with Crippen LogP contribution in [0.2, 0.25) is 0 Å². The topological polar surface area (TPSA) is 32.3 Å². The normalized spacial score (nSPS) is 20.2. The molecule has 0 amide bonds. The summed E-state index contributed by atoms with van der Waals surface area (Å²) in [6.07, 6.45) is 5.90. The fourth-order valence-electron chi connectivity index (χ4n) is 2.75. The summed E-state index contributed by atoms with van der Waals surface area (Å²) in [4.78, 5) is 0. The van der Waals surface area contributed by atoms with E-state index in [2.05, 4.69) is 25.2 Å². The highest BCUT2D eigenvalue weighted by Crippen LogP contribution is 2.36. The number of benzene rings is 1. The molecule has 0 heterocycles. The minimum absolute atomic E-state index is 0.434. The van der Waals surface area contributed by atoms with Crippen molar-refractivity contribution in [2.24, 2.45) is 0 Å². The quantitative estimate of drug-likeness (QED) is 0.815. The number of phenols is 1. The molecule has 0 fully saturated rings. The molecule has 0 saturated heterocycles. The maximum absolute atomic E-state index is 9.80. The van der Waals surface area contributed by atoms with Crippen LogP contribution in [0.5, 0.6) is 5.75 Å². The highest BCUT2D eigenvalue weighted by molar-refractivity contribution is 5.44. The van der Waals surface area contributed by atoms with Crippen LogP contribution >= 0.6 is 0 Å². The molecular formula is C15H23NO. The number of phenolic OH excluding ortho intramolecular Hbond substituents is 1. The van der Waals surface area contributed by atoms with Gasteiger partial charge in [-0.05, 0) is 43.4 Å². The third-order valence-electron chi connectivity index (χ3n) is 3.72. The third-order valence-corrected chi connectivity index (χ3v) is 3.72. The Kier molecular flexibility index (Phi) is 4.06. The van der Waals surface area contributed by atoms with E-state index in [4.69, 9.17) is 0 Å². The van der Waals surface area contributed by atoms with Crippen LogP contribution in [0.1, 0.15) is 56.7 Å². The fourth-order valence-corrected chi connectivity index (χ4v) is 2.75. The maximum Gasteiger partial charge on any atom is 0.119 e. The number of aromatic hydroxyl groups is 1. The molecule has 1 aliphatic carbocycles. The van der Waals surface area contributed by atoms with E-state index in [0.717, 1.165) is 18.4 Å². The van der Waals surface area contributed by atoms with E-state index < -0.39 is 0 Å². The summed E-state index contributed by atoms with van der Waals surface area (Å²) in [6, 6.07) is 6.89. The third kappa shape index (κ3) is 2.81. The van der Waals surface area contributed by atoms with Gasteiger partial charge in [-0.2, -0.15) is 0 Å². The maximum atomic E-state index is 9.80. The van der Waals surface area contributed by atoms with Crippen molar-refractivity contribution in [1.29, 1.82) is 0 Å². The first-order valence-electron chi connectivity index (χ1n) is 6.79. The lowest BCUT2D eigenvalue weighted by atomic mass is 10.1. The van der Waals surface area contributed by atoms with Crippen LogP contribution in [0, 0.1) is 0 Å². The molecule has 17 heavy (non-hydrogen) atoms. The van der Waals surface area contributed by atoms with Crippen LogP contribution in [0.4, 0.5) is 0 Å². The first-order chi connectivity index (χ1) is 8.22. The van der Waals surface area contributed by atoms with E-state index in [9.17, 15) is 5.11 Å². The molecule has 0 spiro atoms. The first kappa shape index (κ1) is 12.4. The van der Waals surface area contributed by atoms with Crippen molar-refractivity contribution < 1.29 is 5.11 Å². The SMILES string of the molecule is CCCCC(C)NC1CCc2c(O)cccc21. The Morgan fingerprint density at radius 3 is 3.06 bits per heavy atom. The highest BCUT2D eigenvalue weighted by Gasteiger charge is 2.25. The molecule has 0 aliphatic heterocycles. The fraction of sp³-hybridized carbons (Fsp3) is 0.600. The van der Waals surface area contributed by atoms with Crippen LogP contribution in [0.25, 0.3) is 0 Å². The van der Waals surface area contributed by atoms with Gasteiger partial charge in [-0.1, -0.05) is 31.9 Å². The van der Waals surface area contributed by atoms with E-state index in [-0.39, 0.29) is 0 Å². The Labute approximate surface area is 104 Å². The molecule has 1 aromatic rings. The van der Waals surface area contributed by atoms with Crippen molar-refractivity contribution in [2.75, 3.05) is 0 Å². The molecule has 2 N–H and O–H groups in total. The molecule has 2 heteroatoms. The van der Waals surface area contributed by atoms with Gasteiger partial charge in [0, 0.05) is 12.1 Å². The molecule has 0 aromatic heterocycles. The lowest BCUT2D eigenvalue weighted by Crippen LogP contribution is -2.29. The lowest BCUT2D eigenvalue weighted by Gasteiger charge is -2.20. The van der Waals surface area contributed by atoms with Crippen molar-refractivity contribution in [1.82, 2.24) is 5.32 Å². The Morgan fingerprint density at radius 1 is 1.47 bits per heavy atom. The van der Waals surface area contributed by atoms with Gasteiger partial charge in [0.2, 0.25) is 0 Å². The summed E-state index contributed by atoms with van der Waals surface area (Å²) >= 11 is 0. The van der Waals surface area contributed by atoms with Crippen molar-refractivity contribution in [3.05, 3.63) is 29.3 Å². The first-order valence-corrected chi connectivity index (χ1v) is 6.79. The van der Waals surface area contributed by atoms with Crippen LogP contribution in [-0.2, 0) is 6.42 Å². The zero-order valence-electron chi connectivity index (χ0n) is 10.9. The average Bonchev–Trinajstić information content (AvgIpc) is 2.71. The predicted molar refractivity (Wildman–Crippen MR) is 71.3 cm³/mol. The Morgan fingerprint density at radius 2 is 2.29 bits per heavy atom. The Hall–Kier alpha value is -1.02. The van der Waals surface area contributed by atoms with Gasteiger partial charge in [-0.3, -0.25) is 0 Å². The van der Waals surface area contributed by atoms with Crippen LogP contribution in [-0.4, -0.2) is 11.1 Å². The van der Waals surface area contributed by atoms with E-state index in [0.29, 0.717) is 17.8 Å². The highest BCUT2D eigenvalue weighted by atomic mass is 16.3. The molecule has 1 aliphatic rings. The number of rotatable bonds is 5. The van der Waals surface area contributed by atoms with Crippen molar-refractivity contribution >= 4 is 0 Å². The Balaban J connectivity index is 2.00. The Bertz CT molecular complexity index is 375. The van der Waals surface area contributed by atoms with Gasteiger partial charge < -0.3 is 10.4 Å². The molecule has 94 valence electrons. The van der Waals surface area contributed by atoms with E-state index in [1.54, 1.807) is 6.07 Å². The standard InChI is InChI=1S/C15H23NO/c1-3-4-6-11(2)16-14-10-9-13-12(14)7-5-8-15(13)17/h5,7-8,11,14,16-17H,3-4,6,9-10H2,1-2H3. The van der Waals surface area contributed by atoms with Crippen LogP contribution < -0.4 is 5.32 Å². The number of hydrogen-bond donors (Lipinski definition) is 2. The van der Waals surface area contributed by atoms with Gasteiger partial charge in [-0.25, -0.2) is 0 Å². The minimum atomic E-state index is 0.434. The summed E-state index contributed by atoms with van der Waals surface area (Å²) in [5, 5.41) is 13.5. The average molecular weight is 233 g/mol. The van der Waals surface area contributed by atoms with E-state index in [1.807, 2.05) is 6.07 Å². The van der Waals surface area contributed by atoms with Gasteiger partial charge >= 0.3 is 0 Å². The molecular weight excluding hydrogens is 210 g/mol. The van der Waals surface area contributed by atoms with Gasteiger partial charge in [0.25, 0.3) is 0 Å². The molecule has 2 unspecified atom stereocenters. The van der Waals surface area contributed by atoms with E-state index >= 15 is 0 Å². The van der Waals surface area contributed by atoms with Crippen LogP contribution in [0.3, 0.4) is 0 Å². The number of hydrogen-bond acceptors (Lipinski definition) is 2. The lowest BCUT2D eigenvalue weighted by molar-refractivity contribution is 0.424. The van der Waals surface area contributed by atoms with E-state index in [1.165, 1.54) is 24.8 Å². The van der Waals surface area contributed by atoms with Gasteiger partial charge in [-0.15, -0.1) is 0 Å². The monoisotopic (exact) mass is 233 g/mol. The second-order valence-corrected chi connectivity index (χ2v) is 5.15. The van der Waals surface area contributed by atoms with Gasteiger partial charge in [0.15, 0.2) is 0 Å². The second-order valence-electron chi connectivity index (χ2n) is 5.15. The largest absolute Gasteiger partial charge is 0.508 e. The summed E-state index contributed by atoms with van der Waals surface area (Å²) in [5.74, 6) is 0.466. The van der Waals surface area contributed by atoms with Crippen molar-refractivity contribution in [2.45, 2.75) is 58.0 Å². The zero-order chi connectivity index (χ0) is 12.3. The molecule has 2 atom stereocenters. The molecule has 0 radical (unpaired) electrons. The smallest absolute Gasteiger partial charge is 0.119 e. The van der Waals surface area contributed by atoms with Gasteiger partial charge in [0.05, 0.1) is 0 Å². The molecule has 0 saturated carbocycles. The molecule has 2 nitrogen and oxygen atoms in total. The number of fused-ring (bicyclic) bond motifs is 1. The molecule has 1 aromatic carbocycles. The summed E-state index contributed by atoms with van der Waals surface area (Å²) in [5.41, 5.74) is 2.45. The van der Waals surface area contributed by atoms with Crippen molar-refractivity contribution in [3.63, 3.8) is 0 Å². The number of nitrogens with one attached hydrogen (secondary N) is 1. The zero-order valence-corrected chi connectivity index (χ0v) is 10.9. The summed E-state index contributed by atoms with van der Waals surface area (Å²) < 4.78 is 0. The molecule has 2 rings (SSSR count). The molecule has 0 bridgehead atoms. The second kappa shape index (κ2) is 5.54.